The van der Waals surface area contributed by atoms with Crippen molar-refractivity contribution < 1.29 is 0 Å². The number of benzene rings is 2. The van der Waals surface area contributed by atoms with E-state index in [-0.39, 0.29) is 0 Å². The number of rotatable bonds is 17. The van der Waals surface area contributed by atoms with Gasteiger partial charge in [0.05, 0.1) is 5.35 Å². The SMILES string of the molecule is C=C/C=C\c1c(/C=C(C=C)/C(C)=C/C(=C\C=C)c2nc(=C/C(=C)c3nc(-c4ccccc4)nc(-c4ccccc4)n3)/c(=C/BC)s2)c(BC)n(-c2nc(C=C)c(/C=B\C)s2)c1C. The Bertz CT molecular complexity index is 2890. The third-order valence-electron chi connectivity index (χ3n) is 9.96. The summed E-state index contributed by atoms with van der Waals surface area (Å²) < 4.78 is 3.31. The molecule has 4 heterocycles. The third kappa shape index (κ3) is 10.1. The number of aromatic nitrogens is 6. The maximum absolute atomic E-state index is 5.20. The van der Waals surface area contributed by atoms with E-state index < -0.39 is 0 Å². The van der Waals surface area contributed by atoms with Crippen molar-refractivity contribution in [2.24, 2.45) is 0 Å². The van der Waals surface area contributed by atoms with Gasteiger partial charge in [0.15, 0.2) is 17.5 Å². The van der Waals surface area contributed by atoms with Crippen LogP contribution in [0.15, 0.2) is 141 Å². The van der Waals surface area contributed by atoms with Gasteiger partial charge in [0.25, 0.3) is 0 Å². The molecule has 0 saturated carbocycles. The fourth-order valence-corrected chi connectivity index (χ4v) is 9.15. The molecule has 0 unspecified atom stereocenters. The van der Waals surface area contributed by atoms with Gasteiger partial charge >= 0.3 is 186 Å². The second kappa shape index (κ2) is 21.3. The zero-order valence-corrected chi connectivity index (χ0v) is 37.9. The molecule has 304 valence electrons. The van der Waals surface area contributed by atoms with E-state index in [2.05, 4.69) is 95.1 Å². The number of hydrogen-bond acceptors (Lipinski definition) is 7. The van der Waals surface area contributed by atoms with Crippen molar-refractivity contribution in [2.75, 3.05) is 0 Å². The molecule has 0 spiro atoms. The third-order valence-corrected chi connectivity index (χ3v) is 12.1. The molecular formula is C51H49B3N6S2. The minimum absolute atomic E-state index is 0.486. The molecule has 4 aromatic heterocycles. The number of hydrogen-bond donors (Lipinski definition) is 0. The summed E-state index contributed by atoms with van der Waals surface area (Å²) in [5, 5.41) is 2.55. The molecule has 2 aromatic carbocycles. The Morgan fingerprint density at radius 3 is 2.08 bits per heavy atom. The van der Waals surface area contributed by atoms with Crippen LogP contribution in [0.5, 0.6) is 0 Å². The van der Waals surface area contributed by atoms with Crippen molar-refractivity contribution in [1.82, 2.24) is 29.5 Å². The number of thiazole rings is 2. The standard InChI is InChI=1S/C51H49B3N6S2/c1-11-15-27-40-35(7)60(51-56-42(14-4)44(62-51)31-52-8)46(54-10)41(40)30-36(13-3)33(5)28-39(22-12-2)50-55-43(45(61-50)32-53-9)29-34(6)47-57-48(37-23-18-16-19-24-37)59-49(58-47)38-25-20-17-21-26-38/h11-32,53-54H,1-4,6H2,5,7-10H3/b27-15-,33-28+,36-30+,39-22+,43-29+,45-32-. The molecule has 0 radical (unpaired) electrons. The normalized spacial score (nSPS) is 12.8. The molecule has 0 saturated heterocycles. The summed E-state index contributed by atoms with van der Waals surface area (Å²) in [6.45, 7) is 33.4. The van der Waals surface area contributed by atoms with Gasteiger partial charge < -0.3 is 0 Å². The fraction of sp³-hybridized carbons (Fsp3) is 0.0980. The van der Waals surface area contributed by atoms with E-state index in [9.17, 15) is 0 Å². The molecule has 0 fully saturated rings. The van der Waals surface area contributed by atoms with Crippen LogP contribution in [0.3, 0.4) is 0 Å². The predicted octanol–water partition coefficient (Wildman–Crippen LogP) is 9.57. The zero-order chi connectivity index (χ0) is 44.2. The van der Waals surface area contributed by atoms with Crippen LogP contribution in [0.2, 0.25) is 20.5 Å². The van der Waals surface area contributed by atoms with Gasteiger partial charge in [-0.05, 0) is 6.08 Å². The molecular weight excluding hydrogens is 793 g/mol. The van der Waals surface area contributed by atoms with Crippen LogP contribution < -0.4 is 15.5 Å². The minimum atomic E-state index is 0.486. The van der Waals surface area contributed by atoms with Crippen molar-refractivity contribution in [3.8, 4) is 27.9 Å². The number of nitrogens with zero attached hydrogens (tertiary/aromatic N) is 6. The average molecular weight is 843 g/mol. The first-order valence-corrected chi connectivity index (χ1v) is 22.2. The summed E-state index contributed by atoms with van der Waals surface area (Å²) in [6.07, 6.45) is 19.8. The summed E-state index contributed by atoms with van der Waals surface area (Å²) in [4.78, 5) is 25.9. The molecule has 0 atom stereocenters. The second-order valence-corrected chi connectivity index (χ2v) is 16.2. The van der Waals surface area contributed by atoms with Gasteiger partial charge in [-0.25, -0.2) is 19.9 Å². The van der Waals surface area contributed by atoms with Crippen LogP contribution in [0, 0.1) is 6.92 Å². The van der Waals surface area contributed by atoms with Crippen LogP contribution >= 0.6 is 22.7 Å². The Morgan fingerprint density at radius 2 is 1.52 bits per heavy atom. The van der Waals surface area contributed by atoms with Crippen molar-refractivity contribution >= 4 is 97.1 Å². The van der Waals surface area contributed by atoms with Crippen molar-refractivity contribution in [3.63, 3.8) is 0 Å². The first-order chi connectivity index (χ1) is 30.2. The van der Waals surface area contributed by atoms with Gasteiger partial charge in [-0.2, -0.15) is 0 Å². The van der Waals surface area contributed by atoms with E-state index in [0.29, 0.717) is 23.0 Å². The summed E-state index contributed by atoms with van der Waals surface area (Å²) in [6, 6.07) is 19.9. The predicted molar refractivity (Wildman–Crippen MR) is 278 cm³/mol. The Morgan fingerprint density at radius 1 is 0.839 bits per heavy atom. The average Bonchev–Trinajstić information content (AvgIpc) is 3.97. The molecule has 0 aliphatic heterocycles. The zero-order valence-electron chi connectivity index (χ0n) is 36.2. The van der Waals surface area contributed by atoms with E-state index in [1.165, 1.54) is 0 Å². The van der Waals surface area contributed by atoms with Gasteiger partial charge in [0.1, 0.15) is 12.3 Å². The molecule has 0 N–H and O–H groups in total. The van der Waals surface area contributed by atoms with Gasteiger partial charge in [-0.1, -0.05) is 92.8 Å². The van der Waals surface area contributed by atoms with Crippen molar-refractivity contribution in [2.45, 2.75) is 34.3 Å². The Hall–Kier alpha value is -6.55. The van der Waals surface area contributed by atoms with Crippen LogP contribution in [-0.4, -0.2) is 56.9 Å². The van der Waals surface area contributed by atoms with Crippen LogP contribution in [0.25, 0.3) is 69.3 Å². The van der Waals surface area contributed by atoms with Crippen LogP contribution in [0.4, 0.5) is 0 Å². The summed E-state index contributed by atoms with van der Waals surface area (Å²) in [5.74, 6) is 5.92. The summed E-state index contributed by atoms with van der Waals surface area (Å²) in [5.41, 5.74) is 10.7. The molecule has 0 aliphatic rings. The monoisotopic (exact) mass is 842 g/mol. The maximum atomic E-state index is 5.20. The first-order valence-electron chi connectivity index (χ1n) is 20.6. The first kappa shape index (κ1) is 45.0. The van der Waals surface area contributed by atoms with Gasteiger partial charge in [-0.3, -0.25) is 0 Å². The molecule has 6 rings (SSSR count). The molecule has 0 amide bonds. The van der Waals surface area contributed by atoms with E-state index in [1.807, 2.05) is 105 Å². The topological polar surface area (TPSA) is 69.4 Å². The van der Waals surface area contributed by atoms with E-state index in [0.717, 1.165) is 95.4 Å². The Labute approximate surface area is 376 Å². The van der Waals surface area contributed by atoms with Crippen LogP contribution in [0.1, 0.15) is 45.1 Å². The van der Waals surface area contributed by atoms with Crippen molar-refractivity contribution in [3.05, 3.63) is 189 Å². The Kier molecular flexibility index (Phi) is 15.5. The molecule has 11 heteroatoms. The Balaban J connectivity index is 1.44. The van der Waals surface area contributed by atoms with Gasteiger partial charge in [0.2, 0.25) is 0 Å². The van der Waals surface area contributed by atoms with E-state index in [4.69, 9.17) is 24.9 Å². The van der Waals surface area contributed by atoms with Gasteiger partial charge in [-0.15, -0.1) is 17.3 Å². The van der Waals surface area contributed by atoms with E-state index in [1.54, 1.807) is 34.8 Å². The van der Waals surface area contributed by atoms with Crippen molar-refractivity contribution in [1.29, 1.82) is 0 Å². The molecule has 62 heavy (non-hydrogen) atoms. The molecule has 0 bridgehead atoms. The summed E-state index contributed by atoms with van der Waals surface area (Å²) >= 11 is 3.28. The quantitative estimate of drug-likeness (QED) is 0.0677. The van der Waals surface area contributed by atoms with Gasteiger partial charge in [0, 0.05) is 21.2 Å². The van der Waals surface area contributed by atoms with E-state index >= 15 is 0 Å². The summed E-state index contributed by atoms with van der Waals surface area (Å²) in [7, 11) is 1.63. The molecule has 6 aromatic rings. The fourth-order valence-electron chi connectivity index (χ4n) is 6.98. The van der Waals surface area contributed by atoms with Crippen LogP contribution in [-0.2, 0) is 0 Å². The molecule has 0 aliphatic carbocycles. The molecule has 6 nitrogen and oxygen atoms in total. The second-order valence-electron chi connectivity index (χ2n) is 14.2. The number of allylic oxidation sites excluding steroid dienone is 10.